The van der Waals surface area contributed by atoms with E-state index in [1.54, 1.807) is 0 Å². The fraction of sp³-hybridized carbons (Fsp3) is 0.435. The Morgan fingerprint density at radius 1 is 1.07 bits per heavy atom. The van der Waals surface area contributed by atoms with E-state index < -0.39 is 0 Å². The number of hydrogen-bond donors (Lipinski definition) is 1. The molecule has 4 heteroatoms. The molecular weight excluding hydrogens is 350 g/mol. The first kappa shape index (κ1) is 19.7. The van der Waals surface area contributed by atoms with Gasteiger partial charge in [0.15, 0.2) is 5.11 Å². The number of hydrogen-bond acceptors (Lipinski definition) is 2. The number of anilines is 2. The van der Waals surface area contributed by atoms with E-state index in [-0.39, 0.29) is 0 Å². The molecule has 0 spiro atoms. The molecule has 1 N–H and O–H groups in total. The van der Waals surface area contributed by atoms with Crippen LogP contribution in [0.4, 0.5) is 11.4 Å². The Kier molecular flexibility index (Phi) is 6.73. The Hall–Kier alpha value is -2.07. The average Bonchev–Trinajstić information content (AvgIpc) is 2.68. The highest BCUT2D eigenvalue weighted by Gasteiger charge is 2.25. The van der Waals surface area contributed by atoms with E-state index in [1.165, 1.54) is 29.7 Å². The second-order valence-corrected chi connectivity index (χ2v) is 7.94. The van der Waals surface area contributed by atoms with Crippen LogP contribution in [0.25, 0.3) is 0 Å². The minimum absolute atomic E-state index is 0.428. The smallest absolute Gasteiger partial charge is 0.173 e. The third-order valence-corrected chi connectivity index (χ3v) is 5.66. The van der Waals surface area contributed by atoms with Crippen LogP contribution in [0.15, 0.2) is 48.5 Å². The number of benzene rings is 2. The lowest BCUT2D eigenvalue weighted by atomic mass is 10.1. The van der Waals surface area contributed by atoms with E-state index in [0.717, 1.165) is 36.9 Å². The maximum Gasteiger partial charge on any atom is 0.173 e. The molecular formula is C23H31N3S. The third kappa shape index (κ3) is 5.23. The zero-order valence-corrected chi connectivity index (χ0v) is 17.6. The molecule has 0 saturated carbocycles. The number of unbranched alkanes of at least 4 members (excludes halogenated alkanes) is 1. The minimum Gasteiger partial charge on any atom is -0.365 e. The lowest BCUT2D eigenvalue weighted by Gasteiger charge is -2.42. The molecule has 0 aromatic heterocycles. The van der Waals surface area contributed by atoms with Gasteiger partial charge in [0.1, 0.15) is 0 Å². The van der Waals surface area contributed by atoms with Gasteiger partial charge >= 0.3 is 0 Å². The molecule has 1 aliphatic rings. The molecule has 1 heterocycles. The zero-order chi connectivity index (χ0) is 19.2. The standard InChI is InChI=1S/C23H31N3S/c1-4-5-6-20-9-11-21(12-10-20)24-23(27)25-15-16-26(19(3)17-25)22-13-7-18(2)8-14-22/h7-14,19H,4-6,15-17H2,1-3H3,(H,24,27). The van der Waals surface area contributed by atoms with E-state index in [9.17, 15) is 0 Å². The average molecular weight is 382 g/mol. The Bertz CT molecular complexity index is 739. The summed E-state index contributed by atoms with van der Waals surface area (Å²) in [6.45, 7) is 9.51. The van der Waals surface area contributed by atoms with Crippen LogP contribution in [-0.2, 0) is 6.42 Å². The predicted octanol–water partition coefficient (Wildman–Crippen LogP) is 5.25. The molecule has 3 rings (SSSR count). The summed E-state index contributed by atoms with van der Waals surface area (Å²) in [5.74, 6) is 0. The highest BCUT2D eigenvalue weighted by atomic mass is 32.1. The summed E-state index contributed by atoms with van der Waals surface area (Å²) < 4.78 is 0. The Labute approximate surface area is 169 Å². The fourth-order valence-electron chi connectivity index (χ4n) is 3.60. The van der Waals surface area contributed by atoms with E-state index in [2.05, 4.69) is 84.4 Å². The topological polar surface area (TPSA) is 18.5 Å². The number of nitrogens with one attached hydrogen (secondary N) is 1. The van der Waals surface area contributed by atoms with Crippen molar-refractivity contribution in [1.29, 1.82) is 0 Å². The van der Waals surface area contributed by atoms with Gasteiger partial charge in [-0.25, -0.2) is 0 Å². The van der Waals surface area contributed by atoms with Gasteiger partial charge in [-0.1, -0.05) is 43.2 Å². The molecule has 27 heavy (non-hydrogen) atoms. The molecule has 2 aromatic rings. The van der Waals surface area contributed by atoms with Gasteiger partial charge < -0.3 is 15.1 Å². The number of nitrogens with zero attached hydrogens (tertiary/aromatic N) is 2. The van der Waals surface area contributed by atoms with Crippen LogP contribution in [0, 0.1) is 6.92 Å². The number of aryl methyl sites for hydroxylation is 2. The third-order valence-electron chi connectivity index (χ3n) is 5.30. The molecule has 0 amide bonds. The summed E-state index contributed by atoms with van der Waals surface area (Å²) >= 11 is 5.68. The molecule has 144 valence electrons. The maximum atomic E-state index is 5.68. The molecule has 1 aliphatic heterocycles. The van der Waals surface area contributed by atoms with Crippen LogP contribution in [0.5, 0.6) is 0 Å². The van der Waals surface area contributed by atoms with Gasteiger partial charge in [-0.05, 0) is 68.7 Å². The van der Waals surface area contributed by atoms with Gasteiger partial charge in [-0.15, -0.1) is 0 Å². The van der Waals surface area contributed by atoms with Crippen molar-refractivity contribution in [2.45, 2.75) is 46.1 Å². The van der Waals surface area contributed by atoms with Crippen molar-refractivity contribution >= 4 is 28.7 Å². The van der Waals surface area contributed by atoms with Gasteiger partial charge in [-0.2, -0.15) is 0 Å². The summed E-state index contributed by atoms with van der Waals surface area (Å²) in [4.78, 5) is 4.76. The molecule has 0 radical (unpaired) electrons. The van der Waals surface area contributed by atoms with Crippen molar-refractivity contribution < 1.29 is 0 Å². The molecule has 1 unspecified atom stereocenters. The van der Waals surface area contributed by atoms with Gasteiger partial charge in [0.05, 0.1) is 0 Å². The first-order valence-electron chi connectivity index (χ1n) is 10.0. The molecule has 0 aliphatic carbocycles. The first-order valence-corrected chi connectivity index (χ1v) is 10.5. The fourth-order valence-corrected chi connectivity index (χ4v) is 3.88. The van der Waals surface area contributed by atoms with E-state index in [1.807, 2.05) is 0 Å². The SMILES string of the molecule is CCCCc1ccc(NC(=S)N2CCN(c3ccc(C)cc3)C(C)C2)cc1. The van der Waals surface area contributed by atoms with Crippen LogP contribution in [0.1, 0.15) is 37.8 Å². The normalized spacial score (nSPS) is 17.1. The lowest BCUT2D eigenvalue weighted by molar-refractivity contribution is 0.342. The Morgan fingerprint density at radius 2 is 1.78 bits per heavy atom. The second kappa shape index (κ2) is 9.23. The van der Waals surface area contributed by atoms with Crippen molar-refractivity contribution in [1.82, 2.24) is 4.90 Å². The largest absolute Gasteiger partial charge is 0.365 e. The van der Waals surface area contributed by atoms with Crippen molar-refractivity contribution in [3.8, 4) is 0 Å². The van der Waals surface area contributed by atoms with E-state index in [0.29, 0.717) is 6.04 Å². The molecule has 2 aromatic carbocycles. The van der Waals surface area contributed by atoms with Crippen molar-refractivity contribution in [3.05, 3.63) is 59.7 Å². The second-order valence-electron chi connectivity index (χ2n) is 7.55. The van der Waals surface area contributed by atoms with Crippen molar-refractivity contribution in [3.63, 3.8) is 0 Å². The van der Waals surface area contributed by atoms with Crippen molar-refractivity contribution in [2.24, 2.45) is 0 Å². The molecule has 3 nitrogen and oxygen atoms in total. The number of thiocarbonyl (C=S) groups is 1. The Balaban J connectivity index is 1.55. The van der Waals surface area contributed by atoms with Gasteiger partial charge in [0.2, 0.25) is 0 Å². The monoisotopic (exact) mass is 381 g/mol. The van der Waals surface area contributed by atoms with Crippen LogP contribution < -0.4 is 10.2 Å². The van der Waals surface area contributed by atoms with Crippen LogP contribution in [0.3, 0.4) is 0 Å². The van der Waals surface area contributed by atoms with Gasteiger partial charge in [0.25, 0.3) is 0 Å². The Morgan fingerprint density at radius 3 is 2.41 bits per heavy atom. The zero-order valence-electron chi connectivity index (χ0n) is 16.7. The predicted molar refractivity (Wildman–Crippen MR) is 121 cm³/mol. The van der Waals surface area contributed by atoms with Gasteiger partial charge in [0, 0.05) is 37.1 Å². The van der Waals surface area contributed by atoms with E-state index >= 15 is 0 Å². The summed E-state index contributed by atoms with van der Waals surface area (Å²) in [6, 6.07) is 17.9. The van der Waals surface area contributed by atoms with Crippen LogP contribution in [-0.4, -0.2) is 35.7 Å². The maximum absolute atomic E-state index is 5.68. The van der Waals surface area contributed by atoms with Crippen LogP contribution >= 0.6 is 12.2 Å². The van der Waals surface area contributed by atoms with Crippen LogP contribution in [0.2, 0.25) is 0 Å². The van der Waals surface area contributed by atoms with Crippen molar-refractivity contribution in [2.75, 3.05) is 29.9 Å². The molecule has 1 saturated heterocycles. The minimum atomic E-state index is 0.428. The van der Waals surface area contributed by atoms with E-state index in [4.69, 9.17) is 12.2 Å². The molecule has 1 atom stereocenters. The first-order chi connectivity index (χ1) is 13.1. The molecule has 0 bridgehead atoms. The quantitative estimate of drug-likeness (QED) is 0.713. The summed E-state index contributed by atoms with van der Waals surface area (Å²) in [5, 5.41) is 4.24. The lowest BCUT2D eigenvalue weighted by Crippen LogP contribution is -2.54. The summed E-state index contributed by atoms with van der Waals surface area (Å²) in [6.07, 6.45) is 3.63. The molecule has 1 fully saturated rings. The number of piperazine rings is 1. The number of rotatable bonds is 5. The summed E-state index contributed by atoms with van der Waals surface area (Å²) in [7, 11) is 0. The van der Waals surface area contributed by atoms with Gasteiger partial charge in [-0.3, -0.25) is 0 Å². The highest BCUT2D eigenvalue weighted by Crippen LogP contribution is 2.22. The summed E-state index contributed by atoms with van der Waals surface area (Å²) in [5.41, 5.74) is 5.08. The highest BCUT2D eigenvalue weighted by molar-refractivity contribution is 7.80.